The van der Waals surface area contributed by atoms with Gasteiger partial charge in [0.25, 0.3) is 0 Å². The smallest absolute Gasteiger partial charge is 0.235 e. The molecule has 38 valence electrons. The van der Waals surface area contributed by atoms with Gasteiger partial charge < -0.3 is 0 Å². The Morgan fingerprint density at radius 1 is 1.86 bits per heavy atom. The zero-order valence-corrected chi connectivity index (χ0v) is 3.85. The summed E-state index contributed by atoms with van der Waals surface area (Å²) in [5.74, 6) is 0.177. The molecule has 7 heavy (non-hydrogen) atoms. The van der Waals surface area contributed by atoms with Crippen molar-refractivity contribution < 1.29 is 4.79 Å². The second-order valence-corrected chi connectivity index (χ2v) is 2.05. The molecule has 2 atom stereocenters. The maximum atomic E-state index is 10.3. The molecule has 1 amide bonds. The minimum Gasteiger partial charge on any atom is -0.288 e. The van der Waals surface area contributed by atoms with E-state index in [-0.39, 0.29) is 5.91 Å². The van der Waals surface area contributed by atoms with Crippen molar-refractivity contribution in [1.82, 2.24) is 10.4 Å². The summed E-state index contributed by atoms with van der Waals surface area (Å²) in [6, 6.07) is 0.562. The van der Waals surface area contributed by atoms with Crippen LogP contribution in [-0.2, 0) is 4.79 Å². The third-order valence-electron chi connectivity index (χ3n) is 1.40. The van der Waals surface area contributed by atoms with Crippen LogP contribution >= 0.6 is 0 Å². The fourth-order valence-electron chi connectivity index (χ4n) is 0.911. The highest BCUT2D eigenvalue weighted by Gasteiger charge is 2.42. The van der Waals surface area contributed by atoms with E-state index in [4.69, 9.17) is 0 Å². The Morgan fingerprint density at radius 2 is 2.71 bits per heavy atom. The highest BCUT2D eigenvalue weighted by atomic mass is 16.2. The second-order valence-electron chi connectivity index (χ2n) is 2.05. The lowest BCUT2D eigenvalue weighted by molar-refractivity contribution is -0.121. The van der Waals surface area contributed by atoms with E-state index in [1.54, 1.807) is 0 Å². The molecule has 2 heterocycles. The van der Waals surface area contributed by atoms with Crippen LogP contribution in [0.1, 0.15) is 6.42 Å². The molecule has 0 aromatic carbocycles. The molecular weight excluding hydrogens is 92.1 g/mol. The predicted octanol–water partition coefficient (Wildman–Crippen LogP) is -0.895. The van der Waals surface area contributed by atoms with E-state index < -0.39 is 0 Å². The number of hydrogen-bond donors (Lipinski definition) is 1. The van der Waals surface area contributed by atoms with Gasteiger partial charge in [0.15, 0.2) is 0 Å². The van der Waals surface area contributed by atoms with Crippen molar-refractivity contribution in [2.24, 2.45) is 0 Å². The average molecular weight is 98.1 g/mol. The lowest BCUT2D eigenvalue weighted by Gasteiger charge is -1.90. The number of nitrogens with zero attached hydrogens (tertiary/aromatic N) is 1. The third kappa shape index (κ3) is 0.354. The second kappa shape index (κ2) is 0.816. The van der Waals surface area contributed by atoms with Crippen LogP contribution in [0.15, 0.2) is 0 Å². The number of hydrogen-bond acceptors (Lipinski definition) is 2. The minimum atomic E-state index is 0.177. The van der Waals surface area contributed by atoms with E-state index in [0.717, 1.165) is 13.0 Å². The minimum absolute atomic E-state index is 0.177. The van der Waals surface area contributed by atoms with E-state index in [1.165, 1.54) is 0 Å². The van der Waals surface area contributed by atoms with E-state index in [2.05, 4.69) is 5.43 Å². The zero-order valence-electron chi connectivity index (χ0n) is 3.85. The number of amides is 1. The van der Waals surface area contributed by atoms with Crippen molar-refractivity contribution in [2.75, 3.05) is 6.54 Å². The Labute approximate surface area is 41.3 Å². The van der Waals surface area contributed by atoms with E-state index >= 15 is 0 Å². The average Bonchev–Trinajstić information content (AvgIpc) is 2.15. The highest BCUT2D eigenvalue weighted by molar-refractivity contribution is 5.79. The van der Waals surface area contributed by atoms with Gasteiger partial charge >= 0.3 is 0 Å². The summed E-state index contributed by atoms with van der Waals surface area (Å²) in [6.45, 7) is 1.08. The van der Waals surface area contributed by atoms with Gasteiger partial charge in [-0.25, -0.2) is 5.01 Å². The molecule has 2 saturated heterocycles. The Bertz CT molecular complexity index is 111. The van der Waals surface area contributed by atoms with Crippen LogP contribution in [-0.4, -0.2) is 23.5 Å². The quantitative estimate of drug-likeness (QED) is 0.398. The molecule has 0 spiro atoms. The van der Waals surface area contributed by atoms with Gasteiger partial charge in [-0.2, -0.15) is 0 Å². The summed E-state index contributed by atoms with van der Waals surface area (Å²) in [5, 5.41) is 1.95. The van der Waals surface area contributed by atoms with Gasteiger partial charge in [-0.1, -0.05) is 0 Å². The number of fused-ring (bicyclic) bond motifs is 1. The van der Waals surface area contributed by atoms with Gasteiger partial charge in [0.1, 0.15) is 0 Å². The number of rotatable bonds is 0. The maximum absolute atomic E-state index is 10.3. The molecule has 0 radical (unpaired) electrons. The summed E-state index contributed by atoms with van der Waals surface area (Å²) in [7, 11) is 0. The molecule has 2 fully saturated rings. The molecule has 3 nitrogen and oxygen atoms in total. The van der Waals surface area contributed by atoms with Crippen LogP contribution < -0.4 is 5.43 Å². The normalized spacial score (nSPS) is 45.4. The van der Waals surface area contributed by atoms with Gasteiger partial charge in [0.05, 0.1) is 6.04 Å². The van der Waals surface area contributed by atoms with Gasteiger partial charge in [0, 0.05) is 13.0 Å². The predicted molar refractivity (Wildman–Crippen MR) is 23.3 cm³/mol. The fraction of sp³-hybridized carbons (Fsp3) is 0.750. The third-order valence-corrected chi connectivity index (χ3v) is 1.40. The first-order valence-electron chi connectivity index (χ1n) is 2.42. The summed E-state index contributed by atoms with van der Waals surface area (Å²) in [5.41, 5.74) is 2.69. The van der Waals surface area contributed by atoms with Gasteiger partial charge in [-0.05, 0) is 0 Å². The SMILES string of the molecule is O=C1CC2CN2N1. The standard InChI is InChI=1S/C4H6N2O/c7-4-1-3-2-6(3)5-4/h3H,1-2H2,(H,5,7). The molecule has 0 aromatic rings. The summed E-state index contributed by atoms with van der Waals surface area (Å²) in [4.78, 5) is 10.3. The number of hydrazine groups is 1. The summed E-state index contributed by atoms with van der Waals surface area (Å²) < 4.78 is 0. The first-order valence-corrected chi connectivity index (χ1v) is 2.42. The molecule has 2 rings (SSSR count). The van der Waals surface area contributed by atoms with Crippen molar-refractivity contribution >= 4 is 5.91 Å². The van der Waals surface area contributed by atoms with Gasteiger partial charge in [-0.3, -0.25) is 10.2 Å². The van der Waals surface area contributed by atoms with Crippen LogP contribution in [0.25, 0.3) is 0 Å². The Kier molecular flexibility index (Phi) is 0.400. The Morgan fingerprint density at radius 3 is 3.00 bits per heavy atom. The monoisotopic (exact) mass is 98.0 g/mol. The van der Waals surface area contributed by atoms with E-state index in [9.17, 15) is 4.79 Å². The van der Waals surface area contributed by atoms with Crippen LogP contribution in [0.3, 0.4) is 0 Å². The highest BCUT2D eigenvalue weighted by Crippen LogP contribution is 2.22. The molecule has 0 bridgehead atoms. The van der Waals surface area contributed by atoms with Crippen LogP contribution in [0.4, 0.5) is 0 Å². The lowest BCUT2D eigenvalue weighted by Crippen LogP contribution is -2.21. The maximum Gasteiger partial charge on any atom is 0.235 e. The fourth-order valence-corrected chi connectivity index (χ4v) is 0.911. The van der Waals surface area contributed by atoms with Crippen molar-refractivity contribution in [3.05, 3.63) is 0 Å². The topological polar surface area (TPSA) is 32.1 Å². The van der Waals surface area contributed by atoms with Crippen LogP contribution in [0, 0.1) is 0 Å². The number of carbonyl (C=O) groups is 1. The van der Waals surface area contributed by atoms with E-state index in [1.807, 2.05) is 5.01 Å². The molecule has 2 aliphatic rings. The van der Waals surface area contributed by atoms with Gasteiger partial charge in [-0.15, -0.1) is 0 Å². The van der Waals surface area contributed by atoms with Crippen LogP contribution in [0.5, 0.6) is 0 Å². The molecule has 2 aliphatic heterocycles. The molecule has 0 aromatic heterocycles. The lowest BCUT2D eigenvalue weighted by atomic mass is 10.3. The van der Waals surface area contributed by atoms with Crippen LogP contribution in [0.2, 0.25) is 0 Å². The Hall–Kier alpha value is -0.570. The van der Waals surface area contributed by atoms with Gasteiger partial charge in [0.2, 0.25) is 5.91 Å². The first-order chi connectivity index (χ1) is 3.36. The van der Waals surface area contributed by atoms with E-state index in [0.29, 0.717) is 6.04 Å². The Balaban J connectivity index is 2.14. The molecule has 2 unspecified atom stereocenters. The summed E-state index contributed by atoms with van der Waals surface area (Å²) in [6.07, 6.45) is 0.722. The molecule has 0 aliphatic carbocycles. The van der Waals surface area contributed by atoms with Crippen molar-refractivity contribution in [1.29, 1.82) is 0 Å². The van der Waals surface area contributed by atoms with Crippen molar-refractivity contribution in [3.63, 3.8) is 0 Å². The van der Waals surface area contributed by atoms with Crippen molar-refractivity contribution in [2.45, 2.75) is 12.5 Å². The molecule has 1 N–H and O–H groups in total. The largest absolute Gasteiger partial charge is 0.288 e. The zero-order chi connectivity index (χ0) is 4.85. The summed E-state index contributed by atoms with van der Waals surface area (Å²) >= 11 is 0. The first kappa shape index (κ1) is 3.43. The molecule has 3 heteroatoms. The molecule has 0 saturated carbocycles. The van der Waals surface area contributed by atoms with Crippen molar-refractivity contribution in [3.8, 4) is 0 Å². The number of carbonyl (C=O) groups excluding carboxylic acids is 1. The number of nitrogens with one attached hydrogen (secondary N) is 1. The molecular formula is C4H6N2O.